The van der Waals surface area contributed by atoms with Gasteiger partial charge in [0, 0.05) is 42.8 Å². The SMILES string of the molecule is CNc1nn2c(N)cc(-c3cn(C)c4ccccc34)nc2c1S(=O)(=O)c1cccc(F)c1. The van der Waals surface area contributed by atoms with Crippen LogP contribution in [0.5, 0.6) is 0 Å². The van der Waals surface area contributed by atoms with Crippen molar-refractivity contribution in [2.24, 2.45) is 7.05 Å². The predicted octanol–water partition coefficient (Wildman–Crippen LogP) is 3.48. The maximum absolute atomic E-state index is 13.8. The van der Waals surface area contributed by atoms with E-state index >= 15 is 0 Å². The van der Waals surface area contributed by atoms with Crippen molar-refractivity contribution < 1.29 is 12.8 Å². The Bertz CT molecular complexity index is 1620. The molecule has 10 heteroatoms. The summed E-state index contributed by atoms with van der Waals surface area (Å²) in [5.74, 6) is -0.365. The lowest BCUT2D eigenvalue weighted by molar-refractivity contribution is 0.591. The van der Waals surface area contributed by atoms with Crippen molar-refractivity contribution in [1.29, 1.82) is 0 Å². The first-order chi connectivity index (χ1) is 15.3. The number of hydrogen-bond donors (Lipinski definition) is 2. The highest BCUT2D eigenvalue weighted by Gasteiger charge is 2.30. The molecule has 3 aromatic heterocycles. The van der Waals surface area contributed by atoms with Crippen molar-refractivity contribution in [1.82, 2.24) is 19.2 Å². The summed E-state index contributed by atoms with van der Waals surface area (Å²) >= 11 is 0. The van der Waals surface area contributed by atoms with Crippen LogP contribution in [0.2, 0.25) is 0 Å². The number of anilines is 2. The molecule has 5 aromatic rings. The van der Waals surface area contributed by atoms with Crippen molar-refractivity contribution >= 4 is 38.0 Å². The van der Waals surface area contributed by atoms with Gasteiger partial charge in [0.15, 0.2) is 16.4 Å². The molecular weight excluding hydrogens is 431 g/mol. The lowest BCUT2D eigenvalue weighted by Crippen LogP contribution is -2.06. The number of nitrogens with two attached hydrogens (primary N) is 1. The largest absolute Gasteiger partial charge is 0.384 e. The van der Waals surface area contributed by atoms with Gasteiger partial charge < -0.3 is 15.6 Å². The molecular formula is C22H19FN6O2S. The highest BCUT2D eigenvalue weighted by atomic mass is 32.2. The molecule has 3 N–H and O–H groups in total. The van der Waals surface area contributed by atoms with Gasteiger partial charge in [-0.25, -0.2) is 17.8 Å². The van der Waals surface area contributed by atoms with Gasteiger partial charge in [0.05, 0.1) is 10.6 Å². The van der Waals surface area contributed by atoms with Crippen molar-refractivity contribution in [3.05, 3.63) is 66.6 Å². The summed E-state index contributed by atoms with van der Waals surface area (Å²) in [6.07, 6.45) is 1.92. The van der Waals surface area contributed by atoms with Crippen LogP contribution in [0, 0.1) is 5.82 Å². The molecule has 0 bridgehead atoms. The highest BCUT2D eigenvalue weighted by Crippen LogP contribution is 2.35. The second-order valence-electron chi connectivity index (χ2n) is 7.36. The van der Waals surface area contributed by atoms with Crippen LogP contribution in [0.3, 0.4) is 0 Å². The number of nitrogens with one attached hydrogen (secondary N) is 1. The normalized spacial score (nSPS) is 12.0. The second kappa shape index (κ2) is 7.06. The van der Waals surface area contributed by atoms with Crippen LogP contribution >= 0.6 is 0 Å². The molecule has 162 valence electrons. The summed E-state index contributed by atoms with van der Waals surface area (Å²) < 4.78 is 44.0. The van der Waals surface area contributed by atoms with Gasteiger partial charge in [-0.05, 0) is 24.3 Å². The van der Waals surface area contributed by atoms with Crippen molar-refractivity contribution in [3.8, 4) is 11.3 Å². The number of halogens is 1. The second-order valence-corrected chi connectivity index (χ2v) is 9.25. The number of aromatic nitrogens is 4. The van der Waals surface area contributed by atoms with Gasteiger partial charge in [-0.3, -0.25) is 0 Å². The summed E-state index contributed by atoms with van der Waals surface area (Å²) in [7, 11) is -0.678. The maximum atomic E-state index is 13.8. The molecule has 5 rings (SSSR count). The molecule has 0 aliphatic heterocycles. The van der Waals surface area contributed by atoms with Crippen molar-refractivity contribution in [2.75, 3.05) is 18.1 Å². The molecule has 32 heavy (non-hydrogen) atoms. The summed E-state index contributed by atoms with van der Waals surface area (Å²) in [4.78, 5) is 4.28. The van der Waals surface area contributed by atoms with E-state index in [0.717, 1.165) is 22.5 Å². The average Bonchev–Trinajstić information content (AvgIpc) is 3.32. The van der Waals surface area contributed by atoms with Gasteiger partial charge in [0.2, 0.25) is 9.84 Å². The molecule has 2 aromatic carbocycles. The first kappa shape index (κ1) is 20.0. The third-order valence-corrected chi connectivity index (χ3v) is 7.15. The van der Waals surface area contributed by atoms with Gasteiger partial charge >= 0.3 is 0 Å². The molecule has 0 saturated carbocycles. The average molecular weight is 450 g/mol. The molecule has 0 aliphatic rings. The van der Waals surface area contributed by atoms with Gasteiger partial charge in [0.25, 0.3) is 0 Å². The quantitative estimate of drug-likeness (QED) is 0.434. The Morgan fingerprint density at radius 1 is 1.09 bits per heavy atom. The van der Waals surface area contributed by atoms with E-state index in [4.69, 9.17) is 5.73 Å². The first-order valence-electron chi connectivity index (χ1n) is 9.73. The number of benzene rings is 2. The lowest BCUT2D eigenvalue weighted by Gasteiger charge is -2.07. The zero-order valence-corrected chi connectivity index (χ0v) is 18.1. The van der Waals surface area contributed by atoms with Crippen LogP contribution in [0.1, 0.15) is 0 Å². The predicted molar refractivity (Wildman–Crippen MR) is 121 cm³/mol. The third kappa shape index (κ3) is 2.91. The van der Waals surface area contributed by atoms with Crippen molar-refractivity contribution in [2.45, 2.75) is 9.79 Å². The molecule has 0 spiro atoms. The molecule has 0 amide bonds. The minimum atomic E-state index is -4.15. The Kier molecular flexibility index (Phi) is 4.41. The minimum absolute atomic E-state index is 0.0570. The van der Waals surface area contributed by atoms with Crippen LogP contribution in [-0.4, -0.2) is 34.6 Å². The van der Waals surface area contributed by atoms with Crippen LogP contribution in [0.25, 0.3) is 27.8 Å². The number of nitrogen functional groups attached to an aromatic ring is 1. The van der Waals surface area contributed by atoms with Gasteiger partial charge in [-0.1, -0.05) is 24.3 Å². The number of fused-ring (bicyclic) bond motifs is 2. The highest BCUT2D eigenvalue weighted by molar-refractivity contribution is 7.91. The van der Waals surface area contributed by atoms with E-state index in [0.29, 0.717) is 5.69 Å². The number of nitrogens with zero attached hydrogens (tertiary/aromatic N) is 4. The van der Waals surface area contributed by atoms with Crippen LogP contribution < -0.4 is 11.1 Å². The van der Waals surface area contributed by atoms with Crippen LogP contribution in [0.4, 0.5) is 16.0 Å². The molecule has 0 atom stereocenters. The molecule has 0 aliphatic carbocycles. The van der Waals surface area contributed by atoms with E-state index in [2.05, 4.69) is 15.4 Å². The van der Waals surface area contributed by atoms with Gasteiger partial charge in [-0.15, -0.1) is 5.10 Å². The number of hydrogen-bond acceptors (Lipinski definition) is 6. The number of aryl methyl sites for hydroxylation is 1. The molecule has 0 radical (unpaired) electrons. The number of rotatable bonds is 4. The van der Waals surface area contributed by atoms with Crippen molar-refractivity contribution in [3.63, 3.8) is 0 Å². The Balaban J connectivity index is 1.82. The Morgan fingerprint density at radius 3 is 2.62 bits per heavy atom. The number of para-hydroxylation sites is 1. The molecule has 0 saturated heterocycles. The van der Waals surface area contributed by atoms with E-state index in [9.17, 15) is 12.8 Å². The first-order valence-corrected chi connectivity index (χ1v) is 11.2. The zero-order valence-electron chi connectivity index (χ0n) is 17.2. The fourth-order valence-electron chi connectivity index (χ4n) is 3.87. The number of sulfone groups is 1. The van der Waals surface area contributed by atoms with Crippen LogP contribution in [-0.2, 0) is 16.9 Å². The molecule has 0 unspecified atom stereocenters. The lowest BCUT2D eigenvalue weighted by atomic mass is 10.1. The van der Waals surface area contributed by atoms with E-state index in [1.807, 2.05) is 42.1 Å². The summed E-state index contributed by atoms with van der Waals surface area (Å²) in [5, 5.41) is 8.03. The maximum Gasteiger partial charge on any atom is 0.214 e. The molecule has 0 fully saturated rings. The van der Waals surface area contributed by atoms with E-state index in [1.54, 1.807) is 13.1 Å². The molecule has 8 nitrogen and oxygen atoms in total. The summed E-state index contributed by atoms with van der Waals surface area (Å²) in [6.45, 7) is 0. The Morgan fingerprint density at radius 2 is 1.88 bits per heavy atom. The van der Waals surface area contributed by atoms with Crippen LogP contribution in [0.15, 0.2) is 70.6 Å². The smallest absolute Gasteiger partial charge is 0.214 e. The summed E-state index contributed by atoms with van der Waals surface area (Å²) in [5.41, 5.74) is 8.63. The van der Waals surface area contributed by atoms with Gasteiger partial charge in [-0.2, -0.15) is 4.52 Å². The third-order valence-electron chi connectivity index (χ3n) is 5.36. The topological polar surface area (TPSA) is 107 Å². The van der Waals surface area contributed by atoms with Gasteiger partial charge in [0.1, 0.15) is 11.6 Å². The fourth-order valence-corrected chi connectivity index (χ4v) is 5.40. The monoisotopic (exact) mass is 450 g/mol. The zero-order chi connectivity index (χ0) is 22.6. The Labute approximate surface area is 183 Å². The van der Waals surface area contributed by atoms with E-state index < -0.39 is 15.7 Å². The molecule has 3 heterocycles. The Hall–Kier alpha value is -3.92. The standard InChI is InChI=1S/C22H19FN6O2S/c1-25-21-20(32(30,31)14-7-5-6-13(23)10-14)22-26-17(11-19(24)29(22)27-21)16-12-28(2)18-9-4-3-8-15(16)18/h3-12H,24H2,1-2H3,(H,25,27). The minimum Gasteiger partial charge on any atom is -0.384 e. The summed E-state index contributed by atoms with van der Waals surface area (Å²) in [6, 6.07) is 14.3. The fraction of sp³-hybridized carbons (Fsp3) is 0.0909. The van der Waals surface area contributed by atoms with E-state index in [1.165, 1.54) is 22.7 Å². The van der Waals surface area contributed by atoms with E-state index in [-0.39, 0.29) is 27.1 Å².